The molecule has 0 radical (unpaired) electrons. The van der Waals surface area contributed by atoms with Gasteiger partial charge in [0.25, 0.3) is 0 Å². The van der Waals surface area contributed by atoms with Gasteiger partial charge in [0.2, 0.25) is 0 Å². The van der Waals surface area contributed by atoms with Crippen molar-refractivity contribution in [2.45, 2.75) is 26.4 Å². The predicted octanol–water partition coefficient (Wildman–Crippen LogP) is -1.94. The second-order valence-electron chi connectivity index (χ2n) is 2.14. The van der Waals surface area contributed by atoms with E-state index in [0.29, 0.717) is 0 Å². The van der Waals surface area contributed by atoms with E-state index in [2.05, 4.69) is 0 Å². The van der Waals surface area contributed by atoms with E-state index in [9.17, 15) is 9.46 Å². The van der Waals surface area contributed by atoms with Crippen molar-refractivity contribution in [1.82, 2.24) is 0 Å². The molecule has 50 valence electrons. The van der Waals surface area contributed by atoms with E-state index in [1.54, 1.807) is 20.8 Å². The summed E-state index contributed by atoms with van der Waals surface area (Å²) in [5.41, 5.74) is -0.188. The minimum atomic E-state index is -3.00. The van der Waals surface area contributed by atoms with Crippen LogP contribution < -0.4 is 34.5 Å². The minimum absolute atomic E-state index is 0. The van der Waals surface area contributed by atoms with Crippen LogP contribution in [0.25, 0.3) is 0 Å². The van der Waals surface area contributed by atoms with Gasteiger partial charge in [0.05, 0.1) is 0 Å². The van der Waals surface area contributed by atoms with Gasteiger partial charge in [-0.3, -0.25) is 0 Å². The molecule has 0 aliphatic rings. The second kappa shape index (κ2) is 4.92. The fraction of sp³-hybridized carbons (Fsp3) is 1.00. The van der Waals surface area contributed by atoms with Crippen molar-refractivity contribution in [2.24, 2.45) is 0 Å². The average molecular weight is 158 g/mol. The topological polar surface area (TPSA) is 40.1 Å². The van der Waals surface area contributed by atoms with Gasteiger partial charge in [-0.15, -0.1) is 0 Å². The van der Waals surface area contributed by atoms with Crippen molar-refractivity contribution in [2.75, 3.05) is 6.16 Å². The molecule has 0 aromatic rings. The zero-order valence-electron chi connectivity index (χ0n) is 6.55. The summed E-state index contributed by atoms with van der Waals surface area (Å²) in [5, 5.41) is 0. The first-order valence-corrected chi connectivity index (χ1v) is 4.68. The Bertz CT molecular complexity index is 114. The second-order valence-corrected chi connectivity index (χ2v) is 5.25. The van der Waals surface area contributed by atoms with Crippen LogP contribution >= 0.6 is 7.37 Å². The molecule has 1 unspecified atom stereocenters. The van der Waals surface area contributed by atoms with Gasteiger partial charge in [0.15, 0.2) is 0 Å². The quantitative estimate of drug-likeness (QED) is 0.346. The molecule has 0 aromatic heterocycles. The van der Waals surface area contributed by atoms with Crippen LogP contribution in [0.1, 0.15) is 20.8 Å². The molecule has 9 heavy (non-hydrogen) atoms. The van der Waals surface area contributed by atoms with E-state index in [4.69, 9.17) is 0 Å². The summed E-state index contributed by atoms with van der Waals surface area (Å²) in [4.78, 5) is 10.7. The van der Waals surface area contributed by atoms with Gasteiger partial charge in [-0.25, -0.2) is 0 Å². The molecule has 2 nitrogen and oxygen atoms in total. The van der Waals surface area contributed by atoms with Crippen LogP contribution in [0.2, 0.25) is 0 Å². The molecule has 0 fully saturated rings. The molecule has 1 atom stereocenters. The van der Waals surface area contributed by atoms with Gasteiger partial charge >= 0.3 is 29.6 Å². The van der Waals surface area contributed by atoms with Gasteiger partial charge in [-0.05, 0) is 11.8 Å². The molecule has 4 heteroatoms. The molecule has 0 bridgehead atoms. The van der Waals surface area contributed by atoms with E-state index >= 15 is 0 Å². The van der Waals surface area contributed by atoms with E-state index in [0.717, 1.165) is 0 Å². The molecule has 0 amide bonds. The number of hydrogen-bond donors (Lipinski definition) is 0. The Morgan fingerprint density at radius 3 is 1.89 bits per heavy atom. The fourth-order valence-corrected chi connectivity index (χ4v) is 1.10. The van der Waals surface area contributed by atoms with Crippen LogP contribution in [-0.2, 0) is 4.57 Å². The van der Waals surface area contributed by atoms with Crippen molar-refractivity contribution in [1.29, 1.82) is 0 Å². The van der Waals surface area contributed by atoms with Crippen molar-refractivity contribution < 1.29 is 39.0 Å². The summed E-state index contributed by atoms with van der Waals surface area (Å²) in [6.07, 6.45) is 0.282. The van der Waals surface area contributed by atoms with Crippen LogP contribution in [0, 0.1) is 0 Å². The summed E-state index contributed by atoms with van der Waals surface area (Å²) < 4.78 is 10.7. The van der Waals surface area contributed by atoms with Crippen molar-refractivity contribution in [3.05, 3.63) is 0 Å². The molecule has 0 N–H and O–H groups in total. The third-order valence-electron chi connectivity index (χ3n) is 1.23. The molecule has 0 aliphatic carbocycles. The Morgan fingerprint density at radius 1 is 1.56 bits per heavy atom. The Balaban J connectivity index is 0. The Hall–Kier alpha value is 1.19. The molecule has 0 aromatic carbocycles. The smallest absolute Gasteiger partial charge is 0.799 e. The van der Waals surface area contributed by atoms with E-state index < -0.39 is 7.37 Å². The molecule has 0 heterocycles. The van der Waals surface area contributed by atoms with E-state index in [-0.39, 0.29) is 41.4 Å². The standard InChI is InChI=1S/C5H13O2P.Na/c1-4-8(6,7)5(2)3;/h5H,4H2,1-3H3,(H,6,7);/q;+1/p-1. The zero-order chi connectivity index (χ0) is 6.78. The molecule has 0 rings (SSSR count). The molecule has 0 aliphatic heterocycles. The minimum Gasteiger partial charge on any atom is -0.799 e. The first-order chi connectivity index (χ1) is 3.50. The third kappa shape index (κ3) is 4.58. The summed E-state index contributed by atoms with van der Waals surface area (Å²) in [6.45, 7) is 5.09. The van der Waals surface area contributed by atoms with E-state index in [1.165, 1.54) is 0 Å². The Kier molecular flexibility index (Phi) is 7.02. The number of hydrogen-bond acceptors (Lipinski definition) is 2. The number of rotatable bonds is 2. The van der Waals surface area contributed by atoms with Gasteiger partial charge in [-0.1, -0.05) is 20.8 Å². The first kappa shape index (κ1) is 12.8. The Labute approximate surface area is 78.8 Å². The summed E-state index contributed by atoms with van der Waals surface area (Å²) in [7, 11) is -3.00. The largest absolute Gasteiger partial charge is 1.00 e. The summed E-state index contributed by atoms with van der Waals surface area (Å²) >= 11 is 0. The van der Waals surface area contributed by atoms with Gasteiger partial charge in [0.1, 0.15) is 0 Å². The summed E-state index contributed by atoms with van der Waals surface area (Å²) in [5.74, 6) is 0. The molecule has 0 saturated carbocycles. The zero-order valence-corrected chi connectivity index (χ0v) is 9.44. The fourth-order valence-electron chi connectivity index (χ4n) is 0.365. The van der Waals surface area contributed by atoms with Crippen molar-refractivity contribution in [3.8, 4) is 0 Å². The Morgan fingerprint density at radius 2 is 1.89 bits per heavy atom. The van der Waals surface area contributed by atoms with E-state index in [1.807, 2.05) is 0 Å². The van der Waals surface area contributed by atoms with Crippen LogP contribution in [0.4, 0.5) is 0 Å². The van der Waals surface area contributed by atoms with Gasteiger partial charge in [-0.2, -0.15) is 0 Å². The molecule has 0 spiro atoms. The summed E-state index contributed by atoms with van der Waals surface area (Å²) in [6, 6.07) is 0. The van der Waals surface area contributed by atoms with Gasteiger partial charge < -0.3 is 9.46 Å². The monoisotopic (exact) mass is 158 g/mol. The van der Waals surface area contributed by atoms with Crippen LogP contribution in [0.3, 0.4) is 0 Å². The maximum Gasteiger partial charge on any atom is 1.00 e. The molecular weight excluding hydrogens is 146 g/mol. The first-order valence-electron chi connectivity index (χ1n) is 2.80. The SMILES string of the molecule is CCP(=O)([O-])C(C)C.[Na+]. The maximum atomic E-state index is 10.7. The van der Waals surface area contributed by atoms with Crippen molar-refractivity contribution >= 4 is 7.37 Å². The third-order valence-corrected chi connectivity index (χ3v) is 3.68. The van der Waals surface area contributed by atoms with Crippen LogP contribution in [-0.4, -0.2) is 11.8 Å². The molecule has 0 saturated heterocycles. The normalized spacial score (nSPS) is 16.6. The van der Waals surface area contributed by atoms with Crippen LogP contribution in [0.5, 0.6) is 0 Å². The molecular formula is C5H12NaO2P. The maximum absolute atomic E-state index is 10.7. The van der Waals surface area contributed by atoms with Crippen LogP contribution in [0.15, 0.2) is 0 Å². The predicted molar refractivity (Wildman–Crippen MR) is 33.3 cm³/mol. The van der Waals surface area contributed by atoms with Gasteiger partial charge in [0, 0.05) is 7.37 Å². The van der Waals surface area contributed by atoms with Crippen molar-refractivity contribution in [3.63, 3.8) is 0 Å². The average Bonchev–Trinajstić information content (AvgIpc) is 1.67.